The van der Waals surface area contributed by atoms with E-state index in [0.717, 1.165) is 22.6 Å². The fourth-order valence-electron chi connectivity index (χ4n) is 8.17. The molecule has 0 saturated carbocycles. The minimum absolute atomic E-state index is 0.0867. The van der Waals surface area contributed by atoms with Crippen molar-refractivity contribution in [3.8, 4) is 11.5 Å². The molecule has 6 nitrogen and oxygen atoms in total. The van der Waals surface area contributed by atoms with Gasteiger partial charge < -0.3 is 27.1 Å². The first-order chi connectivity index (χ1) is 28.9. The van der Waals surface area contributed by atoms with Crippen LogP contribution in [0.4, 0.5) is 0 Å². The van der Waals surface area contributed by atoms with Crippen LogP contribution in [0.2, 0.25) is 0 Å². The Labute approximate surface area is 359 Å². The summed E-state index contributed by atoms with van der Waals surface area (Å²) >= 11 is 0. The van der Waals surface area contributed by atoms with E-state index in [1.807, 2.05) is 0 Å². The van der Waals surface area contributed by atoms with Crippen molar-refractivity contribution in [1.29, 1.82) is 0 Å². The van der Waals surface area contributed by atoms with Gasteiger partial charge in [0.05, 0.1) is 31.8 Å². The van der Waals surface area contributed by atoms with Crippen molar-refractivity contribution in [2.45, 2.75) is 70.6 Å². The first-order valence-electron chi connectivity index (χ1n) is 20.8. The largest absolute Gasteiger partial charge is 0.426 e. The van der Waals surface area contributed by atoms with Crippen molar-refractivity contribution in [3.05, 3.63) is 202 Å². The molecule has 1 unspecified atom stereocenters. The highest BCUT2D eigenvalue weighted by Crippen LogP contribution is 2.55. The van der Waals surface area contributed by atoms with E-state index in [-0.39, 0.29) is 22.2 Å². The SMILES string of the molecule is CC(c1ccccc1)c1cc(C(C)(C)c2ccccc2)ccc1OP1OCC2(CO1)COP(Oc1ccc(C(C)(C)c3ccccc3)cc1C(C)(C)c1ccccc1)OC2. The lowest BCUT2D eigenvalue weighted by atomic mass is 9.73. The highest BCUT2D eigenvalue weighted by Gasteiger charge is 2.45. The van der Waals surface area contributed by atoms with Gasteiger partial charge in [0.1, 0.15) is 11.5 Å². The van der Waals surface area contributed by atoms with E-state index >= 15 is 0 Å². The molecule has 1 atom stereocenters. The zero-order valence-electron chi connectivity index (χ0n) is 35.8. The van der Waals surface area contributed by atoms with E-state index in [1.165, 1.54) is 33.4 Å². The van der Waals surface area contributed by atoms with E-state index < -0.39 is 22.6 Å². The lowest BCUT2D eigenvalue weighted by Gasteiger charge is -2.41. The Hall–Kier alpha value is -4.38. The Morgan fingerprint density at radius 2 is 0.833 bits per heavy atom. The third kappa shape index (κ3) is 8.84. The molecule has 0 bridgehead atoms. The van der Waals surface area contributed by atoms with Crippen molar-refractivity contribution >= 4 is 17.2 Å². The molecule has 0 amide bonds. The van der Waals surface area contributed by atoms with Gasteiger partial charge in [-0.05, 0) is 45.5 Å². The van der Waals surface area contributed by atoms with Crippen LogP contribution in [0.25, 0.3) is 0 Å². The second-order valence-electron chi connectivity index (χ2n) is 17.8. The van der Waals surface area contributed by atoms with Crippen molar-refractivity contribution in [1.82, 2.24) is 0 Å². The minimum Gasteiger partial charge on any atom is -0.426 e. The monoisotopic (exact) mass is 838 g/mol. The Bertz CT molecular complexity index is 2330. The van der Waals surface area contributed by atoms with E-state index in [1.54, 1.807) is 0 Å². The molecule has 0 aromatic heterocycles. The summed E-state index contributed by atoms with van der Waals surface area (Å²) in [4.78, 5) is 0. The summed E-state index contributed by atoms with van der Waals surface area (Å²) in [6.07, 6.45) is 0. The van der Waals surface area contributed by atoms with Crippen LogP contribution < -0.4 is 9.05 Å². The minimum atomic E-state index is -1.66. The maximum atomic E-state index is 6.65. The van der Waals surface area contributed by atoms with E-state index in [0.29, 0.717) is 26.4 Å². The van der Waals surface area contributed by atoms with Crippen molar-refractivity contribution in [3.63, 3.8) is 0 Å². The van der Waals surface area contributed by atoms with Gasteiger partial charge in [0.25, 0.3) is 0 Å². The van der Waals surface area contributed by atoms with E-state index in [2.05, 4.69) is 206 Å². The first-order valence-corrected chi connectivity index (χ1v) is 23.0. The Morgan fingerprint density at radius 3 is 1.30 bits per heavy atom. The molecule has 6 aromatic rings. The van der Waals surface area contributed by atoms with Gasteiger partial charge in [0, 0.05) is 33.3 Å². The molecule has 310 valence electrons. The summed E-state index contributed by atoms with van der Waals surface area (Å²) in [5.41, 5.74) is 8.28. The lowest BCUT2D eigenvalue weighted by molar-refractivity contribution is -0.0673. The number of benzene rings is 6. The Morgan fingerprint density at radius 1 is 0.450 bits per heavy atom. The Balaban J connectivity index is 0.959. The van der Waals surface area contributed by atoms with Crippen LogP contribution in [0, 0.1) is 5.41 Å². The molecule has 0 aliphatic carbocycles. The standard InChI is InChI=1S/C52H56O6P2/c1-38(39-20-12-8-13-21-39)45-32-43(49(2,3)40-22-14-9-15-23-40)28-30-47(45)57-59-53-34-52(35-54-59)36-55-60(56-37-52)58-48-31-29-44(50(4,5)41-24-16-10-17-25-41)33-46(48)51(6,7)42-26-18-11-19-27-42/h8-33,38H,34-37H2,1-7H3. The quantitative estimate of drug-likeness (QED) is 0.114. The molecule has 8 rings (SSSR count). The third-order valence-electron chi connectivity index (χ3n) is 12.6. The predicted molar refractivity (Wildman–Crippen MR) is 244 cm³/mol. The van der Waals surface area contributed by atoms with Gasteiger partial charge >= 0.3 is 17.2 Å². The average molecular weight is 839 g/mol. The van der Waals surface area contributed by atoms with E-state index in [4.69, 9.17) is 27.1 Å². The molecule has 6 aromatic carbocycles. The third-order valence-corrected chi connectivity index (χ3v) is 14.7. The van der Waals surface area contributed by atoms with Crippen LogP contribution in [-0.4, -0.2) is 26.4 Å². The molecule has 2 heterocycles. The normalized spacial score (nSPS) is 20.4. The molecule has 1 spiro atoms. The topological polar surface area (TPSA) is 55.4 Å². The second-order valence-corrected chi connectivity index (χ2v) is 20.1. The van der Waals surface area contributed by atoms with Gasteiger partial charge in [-0.3, -0.25) is 0 Å². The molecule has 60 heavy (non-hydrogen) atoms. The Kier molecular flexibility index (Phi) is 12.4. The zero-order valence-corrected chi connectivity index (χ0v) is 37.5. The van der Waals surface area contributed by atoms with Gasteiger partial charge in [-0.25, -0.2) is 0 Å². The summed E-state index contributed by atoms with van der Waals surface area (Å²) in [5, 5.41) is 0. The van der Waals surface area contributed by atoms with Crippen LogP contribution in [0.1, 0.15) is 98.9 Å². The molecular formula is C52H56O6P2. The van der Waals surface area contributed by atoms with Crippen LogP contribution in [0.15, 0.2) is 158 Å². The van der Waals surface area contributed by atoms with Crippen molar-refractivity contribution in [2.75, 3.05) is 26.4 Å². The van der Waals surface area contributed by atoms with Crippen molar-refractivity contribution < 1.29 is 27.1 Å². The summed E-state index contributed by atoms with van der Waals surface area (Å²) in [7, 11) is -3.31. The predicted octanol–water partition coefficient (Wildman–Crippen LogP) is 13.8. The summed E-state index contributed by atoms with van der Waals surface area (Å²) in [5.74, 6) is 1.61. The number of hydrogen-bond donors (Lipinski definition) is 0. The molecule has 2 aliphatic rings. The summed E-state index contributed by atoms with van der Waals surface area (Å²) in [6.45, 7) is 17.4. The number of rotatable bonds is 12. The molecule has 8 heteroatoms. The molecular weight excluding hydrogens is 783 g/mol. The van der Waals surface area contributed by atoms with Crippen LogP contribution in [0.3, 0.4) is 0 Å². The maximum absolute atomic E-state index is 6.65. The van der Waals surface area contributed by atoms with Gasteiger partial charge in [0.2, 0.25) is 0 Å². The van der Waals surface area contributed by atoms with Crippen LogP contribution in [-0.2, 0) is 34.3 Å². The van der Waals surface area contributed by atoms with Crippen LogP contribution in [0.5, 0.6) is 11.5 Å². The van der Waals surface area contributed by atoms with Crippen molar-refractivity contribution in [2.24, 2.45) is 5.41 Å². The average Bonchev–Trinajstić information content (AvgIpc) is 3.29. The summed E-state index contributed by atoms with van der Waals surface area (Å²) in [6, 6.07) is 55.5. The van der Waals surface area contributed by atoms with E-state index in [9.17, 15) is 0 Å². The highest BCUT2D eigenvalue weighted by molar-refractivity contribution is 7.42. The molecule has 2 fully saturated rings. The lowest BCUT2D eigenvalue weighted by Crippen LogP contribution is -2.45. The smallest absolute Gasteiger partial charge is 0.397 e. The molecule has 2 saturated heterocycles. The molecule has 0 radical (unpaired) electrons. The number of hydrogen-bond acceptors (Lipinski definition) is 6. The highest BCUT2D eigenvalue weighted by atomic mass is 31.2. The second kappa shape index (κ2) is 17.5. The van der Waals surface area contributed by atoms with Gasteiger partial charge in [-0.15, -0.1) is 0 Å². The molecule has 0 N–H and O–H groups in total. The molecule has 2 aliphatic heterocycles. The zero-order chi connectivity index (χ0) is 42.0. The first kappa shape index (κ1) is 42.3. The van der Waals surface area contributed by atoms with Gasteiger partial charge in [-0.1, -0.05) is 194 Å². The fourth-order valence-corrected chi connectivity index (χ4v) is 10.7. The fraction of sp³-hybridized carbons (Fsp3) is 0.308. The van der Waals surface area contributed by atoms with Gasteiger partial charge in [-0.2, -0.15) is 0 Å². The van der Waals surface area contributed by atoms with Gasteiger partial charge in [0.15, 0.2) is 0 Å². The maximum Gasteiger partial charge on any atom is 0.397 e. The summed E-state index contributed by atoms with van der Waals surface area (Å²) < 4.78 is 38.7. The van der Waals surface area contributed by atoms with Crippen LogP contribution >= 0.6 is 17.2 Å².